The number of carbonyl (C=O) groups is 1. The van der Waals surface area contributed by atoms with Gasteiger partial charge in [0.2, 0.25) is 5.88 Å². The molecule has 21 heavy (non-hydrogen) atoms. The predicted molar refractivity (Wildman–Crippen MR) is 75.0 cm³/mol. The van der Waals surface area contributed by atoms with Gasteiger partial charge in [-0.15, -0.1) is 5.10 Å². The van der Waals surface area contributed by atoms with E-state index in [2.05, 4.69) is 25.4 Å². The minimum Gasteiger partial charge on any atom is -0.479 e. The Morgan fingerprint density at radius 1 is 1.24 bits per heavy atom. The van der Waals surface area contributed by atoms with E-state index in [1.807, 2.05) is 0 Å². The lowest BCUT2D eigenvalue weighted by atomic mass is 10.3. The largest absolute Gasteiger partial charge is 0.479 e. The first-order valence-electron chi connectivity index (χ1n) is 6.13. The first kappa shape index (κ1) is 13.0. The van der Waals surface area contributed by atoms with Crippen LogP contribution in [0.15, 0.2) is 30.9 Å². The normalized spacial score (nSPS) is 10.6. The van der Waals surface area contributed by atoms with Crippen LogP contribution in [-0.4, -0.2) is 37.7 Å². The van der Waals surface area contributed by atoms with Gasteiger partial charge in [-0.1, -0.05) is 0 Å². The van der Waals surface area contributed by atoms with Gasteiger partial charge in [0.25, 0.3) is 5.91 Å². The van der Waals surface area contributed by atoms with E-state index < -0.39 is 0 Å². The van der Waals surface area contributed by atoms with Crippen molar-refractivity contribution in [3.63, 3.8) is 0 Å². The molecule has 0 unspecified atom stereocenters. The van der Waals surface area contributed by atoms with E-state index in [1.54, 1.807) is 37.9 Å². The number of hydrogen-bond donors (Lipinski definition) is 1. The van der Waals surface area contributed by atoms with Crippen molar-refractivity contribution in [3.05, 3.63) is 36.4 Å². The predicted octanol–water partition coefficient (Wildman–Crippen LogP) is 1.02. The Balaban J connectivity index is 1.96. The Kier molecular flexibility index (Phi) is 3.19. The summed E-state index contributed by atoms with van der Waals surface area (Å²) in [6.07, 6.45) is 6.26. The lowest BCUT2D eigenvalue weighted by Gasteiger charge is -2.05. The summed E-state index contributed by atoms with van der Waals surface area (Å²) in [7, 11) is 3.17. The van der Waals surface area contributed by atoms with E-state index in [4.69, 9.17) is 4.74 Å². The van der Waals surface area contributed by atoms with Gasteiger partial charge >= 0.3 is 0 Å². The Morgan fingerprint density at radius 2 is 2.05 bits per heavy atom. The van der Waals surface area contributed by atoms with Crippen LogP contribution in [0.3, 0.4) is 0 Å². The molecule has 1 amide bonds. The zero-order chi connectivity index (χ0) is 14.8. The van der Waals surface area contributed by atoms with E-state index in [0.29, 0.717) is 22.4 Å². The Hall–Kier alpha value is -3.03. The number of amides is 1. The summed E-state index contributed by atoms with van der Waals surface area (Å²) in [6.45, 7) is 0. The summed E-state index contributed by atoms with van der Waals surface area (Å²) in [6, 6.07) is 1.72. The summed E-state index contributed by atoms with van der Waals surface area (Å²) in [5, 5.41) is 6.74. The third kappa shape index (κ3) is 2.38. The van der Waals surface area contributed by atoms with Gasteiger partial charge in [-0.2, -0.15) is 0 Å². The van der Waals surface area contributed by atoms with Crippen molar-refractivity contribution >= 4 is 22.8 Å². The number of rotatable bonds is 3. The zero-order valence-corrected chi connectivity index (χ0v) is 11.4. The Morgan fingerprint density at radius 3 is 2.86 bits per heavy atom. The molecule has 0 aliphatic carbocycles. The first-order valence-corrected chi connectivity index (χ1v) is 6.13. The van der Waals surface area contributed by atoms with Crippen LogP contribution in [-0.2, 0) is 7.05 Å². The van der Waals surface area contributed by atoms with Crippen LogP contribution < -0.4 is 10.1 Å². The molecule has 0 aromatic carbocycles. The van der Waals surface area contributed by atoms with Crippen molar-refractivity contribution in [1.29, 1.82) is 0 Å². The number of nitrogens with one attached hydrogen (secondary N) is 1. The highest BCUT2D eigenvalue weighted by molar-refractivity contribution is 6.08. The van der Waals surface area contributed by atoms with Gasteiger partial charge in [0.1, 0.15) is 11.1 Å². The molecule has 3 heterocycles. The maximum absolute atomic E-state index is 12.3. The smallest absolute Gasteiger partial charge is 0.263 e. The van der Waals surface area contributed by atoms with Crippen molar-refractivity contribution < 1.29 is 9.53 Å². The maximum atomic E-state index is 12.3. The van der Waals surface area contributed by atoms with Gasteiger partial charge in [-0.25, -0.2) is 9.97 Å². The SMILES string of the molecule is COc1nn(C)cc1C(=O)Nc1nccc2nccnc12. The van der Waals surface area contributed by atoms with Crippen LogP contribution in [0.4, 0.5) is 5.82 Å². The van der Waals surface area contributed by atoms with E-state index in [0.717, 1.165) is 0 Å². The van der Waals surface area contributed by atoms with Gasteiger partial charge in [-0.3, -0.25) is 14.5 Å². The molecule has 0 aliphatic heterocycles. The molecule has 0 fully saturated rings. The third-order valence-corrected chi connectivity index (χ3v) is 2.85. The second kappa shape index (κ2) is 5.16. The van der Waals surface area contributed by atoms with Gasteiger partial charge in [-0.05, 0) is 6.07 Å². The standard InChI is InChI=1S/C13H12N6O2/c1-19-7-8(13(18-19)21-2)12(20)17-11-10-9(3-4-16-11)14-5-6-15-10/h3-7H,1-2H3,(H,16,17,20). The van der Waals surface area contributed by atoms with E-state index in [-0.39, 0.29) is 11.8 Å². The quantitative estimate of drug-likeness (QED) is 0.771. The molecule has 106 valence electrons. The molecule has 0 aliphatic rings. The van der Waals surface area contributed by atoms with Crippen LogP contribution in [0.2, 0.25) is 0 Å². The summed E-state index contributed by atoms with van der Waals surface area (Å²) in [5.74, 6) is 0.225. The van der Waals surface area contributed by atoms with Crippen molar-refractivity contribution in [2.45, 2.75) is 0 Å². The highest BCUT2D eigenvalue weighted by atomic mass is 16.5. The molecule has 0 atom stereocenters. The number of carbonyl (C=O) groups excluding carboxylic acids is 1. The molecule has 0 spiro atoms. The lowest BCUT2D eigenvalue weighted by molar-refractivity contribution is 0.102. The number of methoxy groups -OCH3 is 1. The molecule has 8 nitrogen and oxygen atoms in total. The zero-order valence-electron chi connectivity index (χ0n) is 11.4. The van der Waals surface area contributed by atoms with Gasteiger partial charge in [0.05, 0.1) is 12.6 Å². The number of pyridine rings is 1. The summed E-state index contributed by atoms with van der Waals surface area (Å²) >= 11 is 0. The molecule has 3 aromatic heterocycles. The molecule has 1 N–H and O–H groups in total. The molecule has 3 rings (SSSR count). The number of fused-ring (bicyclic) bond motifs is 1. The fourth-order valence-electron chi connectivity index (χ4n) is 1.94. The van der Waals surface area contributed by atoms with Crippen molar-refractivity contribution in [1.82, 2.24) is 24.7 Å². The molecule has 0 saturated heterocycles. The fraction of sp³-hybridized carbons (Fsp3) is 0.154. The monoisotopic (exact) mass is 284 g/mol. The van der Waals surface area contributed by atoms with Gasteiger partial charge < -0.3 is 10.1 Å². The van der Waals surface area contributed by atoms with Crippen LogP contribution >= 0.6 is 0 Å². The van der Waals surface area contributed by atoms with Crippen LogP contribution in [0.1, 0.15) is 10.4 Å². The highest BCUT2D eigenvalue weighted by Crippen LogP contribution is 2.19. The van der Waals surface area contributed by atoms with Gasteiger partial charge in [0.15, 0.2) is 5.82 Å². The highest BCUT2D eigenvalue weighted by Gasteiger charge is 2.18. The fourth-order valence-corrected chi connectivity index (χ4v) is 1.94. The summed E-state index contributed by atoms with van der Waals surface area (Å²) in [5.41, 5.74) is 1.50. The second-order valence-corrected chi connectivity index (χ2v) is 4.26. The van der Waals surface area contributed by atoms with E-state index in [1.165, 1.54) is 11.8 Å². The Bertz CT molecular complexity index is 808. The second-order valence-electron chi connectivity index (χ2n) is 4.26. The van der Waals surface area contributed by atoms with Crippen LogP contribution in [0.25, 0.3) is 11.0 Å². The van der Waals surface area contributed by atoms with Crippen LogP contribution in [0, 0.1) is 0 Å². The molecular weight excluding hydrogens is 272 g/mol. The van der Waals surface area contributed by atoms with Crippen molar-refractivity contribution in [2.24, 2.45) is 7.05 Å². The molecule has 0 saturated carbocycles. The topological polar surface area (TPSA) is 94.8 Å². The molecule has 0 bridgehead atoms. The van der Waals surface area contributed by atoms with Crippen LogP contribution in [0.5, 0.6) is 5.88 Å². The van der Waals surface area contributed by atoms with Crippen molar-refractivity contribution in [3.8, 4) is 5.88 Å². The summed E-state index contributed by atoms with van der Waals surface area (Å²) in [4.78, 5) is 24.8. The number of nitrogens with zero attached hydrogens (tertiary/aromatic N) is 5. The average Bonchev–Trinajstić information content (AvgIpc) is 2.89. The van der Waals surface area contributed by atoms with E-state index >= 15 is 0 Å². The van der Waals surface area contributed by atoms with Crippen molar-refractivity contribution in [2.75, 3.05) is 12.4 Å². The third-order valence-electron chi connectivity index (χ3n) is 2.85. The number of aromatic nitrogens is 5. The molecular formula is C13H12N6O2. The Labute approximate surface area is 119 Å². The summed E-state index contributed by atoms with van der Waals surface area (Å²) < 4.78 is 6.58. The first-order chi connectivity index (χ1) is 10.2. The molecule has 0 radical (unpaired) electrons. The number of anilines is 1. The lowest BCUT2D eigenvalue weighted by Crippen LogP contribution is -2.14. The number of hydrogen-bond acceptors (Lipinski definition) is 6. The molecule has 8 heteroatoms. The number of aryl methyl sites for hydroxylation is 1. The maximum Gasteiger partial charge on any atom is 0.263 e. The minimum absolute atomic E-state index is 0.251. The molecule has 3 aromatic rings. The average molecular weight is 284 g/mol. The van der Waals surface area contributed by atoms with E-state index in [9.17, 15) is 4.79 Å². The minimum atomic E-state index is -0.370. The van der Waals surface area contributed by atoms with Gasteiger partial charge in [0, 0.05) is 31.8 Å². The number of ether oxygens (including phenoxy) is 1.